The third-order valence-electron chi connectivity index (χ3n) is 2.82. The molecular weight excluding hydrogens is 219 g/mol. The van der Waals surface area contributed by atoms with Gasteiger partial charge in [-0.2, -0.15) is 0 Å². The van der Waals surface area contributed by atoms with Crippen LogP contribution in [0.3, 0.4) is 0 Å². The van der Waals surface area contributed by atoms with Gasteiger partial charge in [-0.1, -0.05) is 6.92 Å². The summed E-state index contributed by atoms with van der Waals surface area (Å²) in [6.45, 7) is 2.15. The van der Waals surface area contributed by atoms with Gasteiger partial charge in [-0.05, 0) is 43.0 Å². The molecule has 0 heterocycles. The quantitative estimate of drug-likeness (QED) is 0.821. The van der Waals surface area contributed by atoms with Crippen LogP contribution in [0.25, 0.3) is 0 Å². The van der Waals surface area contributed by atoms with E-state index in [1.54, 1.807) is 12.1 Å². The average molecular weight is 236 g/mol. The maximum absolute atomic E-state index is 13.2. The zero-order chi connectivity index (χ0) is 12.3. The molecule has 1 saturated carbocycles. The summed E-state index contributed by atoms with van der Waals surface area (Å²) in [5, 5.41) is 5.89. The fourth-order valence-corrected chi connectivity index (χ4v) is 1.64. The number of hydrogen-bond acceptors (Lipinski definition) is 2. The van der Waals surface area contributed by atoms with Crippen LogP contribution in [-0.4, -0.2) is 18.5 Å². The maximum Gasteiger partial charge on any atom is 0.239 e. The first-order valence-electron chi connectivity index (χ1n) is 6.00. The number of rotatable bonds is 5. The molecule has 1 aliphatic carbocycles. The minimum absolute atomic E-state index is 0.00475. The molecule has 1 fully saturated rings. The molecule has 0 aliphatic heterocycles. The minimum atomic E-state index is -0.194. The molecule has 0 aromatic heterocycles. The van der Waals surface area contributed by atoms with E-state index in [2.05, 4.69) is 10.6 Å². The molecule has 4 heteroatoms. The van der Waals surface area contributed by atoms with E-state index in [1.807, 2.05) is 6.92 Å². The molecule has 0 saturated heterocycles. The molecule has 0 unspecified atom stereocenters. The third-order valence-corrected chi connectivity index (χ3v) is 2.82. The van der Waals surface area contributed by atoms with E-state index < -0.39 is 0 Å². The molecule has 17 heavy (non-hydrogen) atoms. The number of carbonyl (C=O) groups excluding carboxylic acids is 1. The van der Waals surface area contributed by atoms with Gasteiger partial charge in [-0.15, -0.1) is 0 Å². The standard InChI is InChI=1S/C13H17FN2O/c1-2-9-7-11(5-6-12(9)14)15-8-13(17)16-10-3-4-10/h5-7,10,15H,2-4,8H2,1H3,(H,16,17). The Balaban J connectivity index is 1.87. The molecule has 1 aromatic carbocycles. The van der Waals surface area contributed by atoms with Crippen LogP contribution in [-0.2, 0) is 11.2 Å². The summed E-state index contributed by atoms with van der Waals surface area (Å²) in [5.74, 6) is -0.199. The van der Waals surface area contributed by atoms with Crippen LogP contribution in [0.2, 0.25) is 0 Å². The van der Waals surface area contributed by atoms with E-state index in [-0.39, 0.29) is 18.3 Å². The fraction of sp³-hybridized carbons (Fsp3) is 0.462. The van der Waals surface area contributed by atoms with Gasteiger partial charge in [0.15, 0.2) is 0 Å². The number of anilines is 1. The van der Waals surface area contributed by atoms with Crippen molar-refractivity contribution in [3.05, 3.63) is 29.6 Å². The lowest BCUT2D eigenvalue weighted by Gasteiger charge is -2.08. The number of aryl methyl sites for hydroxylation is 1. The number of amides is 1. The fourth-order valence-electron chi connectivity index (χ4n) is 1.64. The highest BCUT2D eigenvalue weighted by Gasteiger charge is 2.22. The highest BCUT2D eigenvalue weighted by atomic mass is 19.1. The summed E-state index contributed by atoms with van der Waals surface area (Å²) in [6, 6.07) is 5.21. The lowest BCUT2D eigenvalue weighted by Crippen LogP contribution is -2.31. The van der Waals surface area contributed by atoms with Crippen molar-refractivity contribution < 1.29 is 9.18 Å². The Hall–Kier alpha value is -1.58. The van der Waals surface area contributed by atoms with Crippen molar-refractivity contribution in [1.29, 1.82) is 0 Å². The molecule has 1 aliphatic rings. The number of hydrogen-bond donors (Lipinski definition) is 2. The summed E-state index contributed by atoms with van der Waals surface area (Å²) >= 11 is 0. The van der Waals surface area contributed by atoms with Crippen molar-refractivity contribution in [3.63, 3.8) is 0 Å². The highest BCUT2D eigenvalue weighted by molar-refractivity contribution is 5.81. The van der Waals surface area contributed by atoms with E-state index in [0.29, 0.717) is 18.0 Å². The predicted octanol–water partition coefficient (Wildman–Crippen LogP) is 2.08. The van der Waals surface area contributed by atoms with E-state index in [9.17, 15) is 9.18 Å². The minimum Gasteiger partial charge on any atom is -0.376 e. The van der Waals surface area contributed by atoms with Gasteiger partial charge in [0.2, 0.25) is 5.91 Å². The zero-order valence-electron chi connectivity index (χ0n) is 9.92. The zero-order valence-corrected chi connectivity index (χ0v) is 9.92. The Bertz CT molecular complexity index is 416. The van der Waals surface area contributed by atoms with E-state index >= 15 is 0 Å². The molecular formula is C13H17FN2O. The van der Waals surface area contributed by atoms with Gasteiger partial charge in [0.05, 0.1) is 6.54 Å². The second kappa shape index (κ2) is 5.17. The largest absolute Gasteiger partial charge is 0.376 e. The molecule has 1 aromatic rings. The van der Waals surface area contributed by atoms with Gasteiger partial charge in [0, 0.05) is 11.7 Å². The van der Waals surface area contributed by atoms with E-state index in [0.717, 1.165) is 18.5 Å². The van der Waals surface area contributed by atoms with Crippen LogP contribution in [0.1, 0.15) is 25.3 Å². The normalized spacial score (nSPS) is 14.5. The van der Waals surface area contributed by atoms with Crippen LogP contribution < -0.4 is 10.6 Å². The van der Waals surface area contributed by atoms with Crippen LogP contribution in [0.4, 0.5) is 10.1 Å². The molecule has 2 N–H and O–H groups in total. The summed E-state index contributed by atoms with van der Waals surface area (Å²) in [4.78, 5) is 11.4. The van der Waals surface area contributed by atoms with Crippen LogP contribution >= 0.6 is 0 Å². The number of halogens is 1. The number of nitrogens with one attached hydrogen (secondary N) is 2. The topological polar surface area (TPSA) is 41.1 Å². The Morgan fingerprint density at radius 2 is 2.24 bits per heavy atom. The van der Waals surface area contributed by atoms with Gasteiger partial charge in [-0.3, -0.25) is 4.79 Å². The van der Waals surface area contributed by atoms with Crippen molar-refractivity contribution in [2.75, 3.05) is 11.9 Å². The van der Waals surface area contributed by atoms with Gasteiger partial charge in [-0.25, -0.2) is 4.39 Å². The van der Waals surface area contributed by atoms with Gasteiger partial charge in [0.25, 0.3) is 0 Å². The Morgan fingerprint density at radius 1 is 1.47 bits per heavy atom. The maximum atomic E-state index is 13.2. The predicted molar refractivity (Wildman–Crippen MR) is 65.4 cm³/mol. The Kier molecular flexibility index (Phi) is 3.61. The van der Waals surface area contributed by atoms with E-state index in [4.69, 9.17) is 0 Å². The SMILES string of the molecule is CCc1cc(NCC(=O)NC2CC2)ccc1F. The van der Waals surface area contributed by atoms with Crippen LogP contribution in [0, 0.1) is 5.82 Å². The third kappa shape index (κ3) is 3.44. The molecule has 2 rings (SSSR count). The molecule has 92 valence electrons. The summed E-state index contributed by atoms with van der Waals surface area (Å²) in [5.41, 5.74) is 1.45. The van der Waals surface area contributed by atoms with Gasteiger partial charge >= 0.3 is 0 Å². The molecule has 0 spiro atoms. The average Bonchev–Trinajstić information content (AvgIpc) is 3.12. The van der Waals surface area contributed by atoms with Gasteiger partial charge in [0.1, 0.15) is 5.82 Å². The summed E-state index contributed by atoms with van der Waals surface area (Å²) in [7, 11) is 0. The smallest absolute Gasteiger partial charge is 0.239 e. The summed E-state index contributed by atoms with van der Waals surface area (Å²) in [6.07, 6.45) is 2.82. The number of benzene rings is 1. The van der Waals surface area contributed by atoms with Crippen molar-refractivity contribution in [1.82, 2.24) is 5.32 Å². The second-order valence-electron chi connectivity index (χ2n) is 4.36. The Labute approximate surface area is 100 Å². The molecule has 3 nitrogen and oxygen atoms in total. The lowest BCUT2D eigenvalue weighted by molar-refractivity contribution is -0.119. The number of carbonyl (C=O) groups is 1. The van der Waals surface area contributed by atoms with Crippen LogP contribution in [0.5, 0.6) is 0 Å². The summed E-state index contributed by atoms with van der Waals surface area (Å²) < 4.78 is 13.2. The first-order valence-corrected chi connectivity index (χ1v) is 6.00. The second-order valence-corrected chi connectivity index (χ2v) is 4.36. The van der Waals surface area contributed by atoms with Crippen molar-refractivity contribution in [2.24, 2.45) is 0 Å². The molecule has 0 radical (unpaired) electrons. The van der Waals surface area contributed by atoms with Crippen molar-refractivity contribution in [3.8, 4) is 0 Å². The first kappa shape index (κ1) is 11.9. The monoisotopic (exact) mass is 236 g/mol. The Morgan fingerprint density at radius 3 is 2.88 bits per heavy atom. The lowest BCUT2D eigenvalue weighted by atomic mass is 10.1. The molecule has 1 amide bonds. The molecule has 0 atom stereocenters. The highest BCUT2D eigenvalue weighted by Crippen LogP contribution is 2.18. The van der Waals surface area contributed by atoms with Crippen LogP contribution in [0.15, 0.2) is 18.2 Å². The molecule has 0 bridgehead atoms. The van der Waals surface area contributed by atoms with Crippen molar-refractivity contribution >= 4 is 11.6 Å². The van der Waals surface area contributed by atoms with Crippen molar-refractivity contribution in [2.45, 2.75) is 32.2 Å². The first-order chi connectivity index (χ1) is 8.19. The van der Waals surface area contributed by atoms with E-state index in [1.165, 1.54) is 6.07 Å². The van der Waals surface area contributed by atoms with Gasteiger partial charge < -0.3 is 10.6 Å².